The maximum Gasteiger partial charge on any atom is 0.242 e. The number of aryl methyl sites for hydroxylation is 1. The molecule has 6 heteroatoms. The monoisotopic (exact) mass is 366 g/mol. The smallest absolute Gasteiger partial charge is 0.242 e. The second-order valence-corrected chi connectivity index (χ2v) is 7.21. The number of rotatable bonds is 4. The van der Waals surface area contributed by atoms with E-state index in [0.29, 0.717) is 5.65 Å². The number of carbonyl (C=O) groups is 1. The lowest BCUT2D eigenvalue weighted by Gasteiger charge is -2.22. The quantitative estimate of drug-likeness (QED) is 0.759. The fourth-order valence-corrected chi connectivity index (χ4v) is 3.92. The third kappa shape index (κ3) is 3.70. The molecule has 1 amide bonds. The van der Waals surface area contributed by atoms with Crippen molar-refractivity contribution in [3.63, 3.8) is 0 Å². The Morgan fingerprint density at radius 3 is 2.67 bits per heavy atom. The number of aromatic nitrogens is 3. The Morgan fingerprint density at radius 1 is 1.19 bits per heavy atom. The lowest BCUT2D eigenvalue weighted by molar-refractivity contribution is -0.122. The third-order valence-corrected chi connectivity index (χ3v) is 5.23. The minimum Gasteiger partial charge on any atom is -0.352 e. The van der Waals surface area contributed by atoms with Gasteiger partial charge in [-0.05, 0) is 49.1 Å². The van der Waals surface area contributed by atoms with E-state index >= 15 is 0 Å². The number of nitrogens with one attached hydrogen (secondary N) is 1. The van der Waals surface area contributed by atoms with Crippen molar-refractivity contribution in [2.75, 3.05) is 0 Å². The van der Waals surface area contributed by atoms with Crippen LogP contribution in [0.2, 0.25) is 0 Å². The van der Waals surface area contributed by atoms with Gasteiger partial charge < -0.3 is 5.32 Å². The Balaban J connectivity index is 1.62. The second-order valence-electron chi connectivity index (χ2n) is 7.21. The van der Waals surface area contributed by atoms with E-state index in [2.05, 4.69) is 15.4 Å². The van der Waals surface area contributed by atoms with Gasteiger partial charge in [-0.1, -0.05) is 31.4 Å². The lowest BCUT2D eigenvalue weighted by atomic mass is 9.95. The van der Waals surface area contributed by atoms with Crippen molar-refractivity contribution in [3.8, 4) is 11.1 Å². The molecule has 1 fully saturated rings. The van der Waals surface area contributed by atoms with E-state index < -0.39 is 0 Å². The van der Waals surface area contributed by atoms with Crippen LogP contribution in [0.25, 0.3) is 22.2 Å². The summed E-state index contributed by atoms with van der Waals surface area (Å²) in [6.07, 6.45) is 7.42. The average molecular weight is 366 g/mol. The van der Waals surface area contributed by atoms with Crippen LogP contribution in [0.3, 0.4) is 0 Å². The largest absolute Gasteiger partial charge is 0.352 e. The summed E-state index contributed by atoms with van der Waals surface area (Å²) in [4.78, 5) is 16.9. The number of carbonyl (C=O) groups excluding carboxylic acids is 1. The number of hydrogen-bond acceptors (Lipinski definition) is 3. The van der Waals surface area contributed by atoms with Crippen LogP contribution < -0.4 is 5.32 Å². The topological polar surface area (TPSA) is 59.8 Å². The lowest BCUT2D eigenvalue weighted by Crippen LogP contribution is -2.38. The predicted octanol–water partition coefficient (Wildman–Crippen LogP) is 3.99. The molecule has 0 bridgehead atoms. The fraction of sp³-hybridized carbons (Fsp3) is 0.381. The molecule has 27 heavy (non-hydrogen) atoms. The molecule has 0 unspecified atom stereocenters. The zero-order chi connectivity index (χ0) is 18.8. The molecule has 2 heterocycles. The molecule has 4 rings (SSSR count). The Labute approximate surface area is 157 Å². The molecule has 1 N–H and O–H groups in total. The van der Waals surface area contributed by atoms with Crippen LogP contribution >= 0.6 is 0 Å². The fourth-order valence-electron chi connectivity index (χ4n) is 3.92. The van der Waals surface area contributed by atoms with Crippen molar-refractivity contribution >= 4 is 16.9 Å². The van der Waals surface area contributed by atoms with E-state index in [1.54, 1.807) is 23.0 Å². The minimum atomic E-state index is -0.268. The maximum atomic E-state index is 13.3. The molecule has 5 nitrogen and oxygen atoms in total. The highest BCUT2D eigenvalue weighted by atomic mass is 19.1. The molecule has 0 radical (unpaired) electrons. The van der Waals surface area contributed by atoms with Gasteiger partial charge in [-0.25, -0.2) is 14.1 Å². The number of fused-ring (bicyclic) bond motifs is 1. The summed E-state index contributed by atoms with van der Waals surface area (Å²) in [7, 11) is 0. The summed E-state index contributed by atoms with van der Waals surface area (Å²) in [5, 5.41) is 8.57. The van der Waals surface area contributed by atoms with Gasteiger partial charge in [-0.3, -0.25) is 4.79 Å². The van der Waals surface area contributed by atoms with E-state index in [-0.39, 0.29) is 24.3 Å². The van der Waals surface area contributed by atoms with Crippen LogP contribution in [0.4, 0.5) is 4.39 Å². The van der Waals surface area contributed by atoms with Gasteiger partial charge in [0.1, 0.15) is 12.4 Å². The Kier molecular flexibility index (Phi) is 4.88. The molecule has 0 saturated heterocycles. The van der Waals surface area contributed by atoms with Crippen LogP contribution in [0.15, 0.2) is 36.5 Å². The van der Waals surface area contributed by atoms with Crippen LogP contribution in [0.1, 0.15) is 37.8 Å². The zero-order valence-electron chi connectivity index (χ0n) is 15.4. The van der Waals surface area contributed by atoms with E-state index in [1.165, 1.54) is 31.4 Å². The van der Waals surface area contributed by atoms with Crippen molar-refractivity contribution in [3.05, 3.63) is 48.0 Å². The number of halogens is 1. The van der Waals surface area contributed by atoms with Gasteiger partial charge in [-0.2, -0.15) is 5.10 Å². The highest BCUT2D eigenvalue weighted by Gasteiger charge is 2.19. The van der Waals surface area contributed by atoms with Gasteiger partial charge in [0.05, 0.1) is 5.69 Å². The van der Waals surface area contributed by atoms with Crippen LogP contribution in [-0.4, -0.2) is 26.7 Å². The summed E-state index contributed by atoms with van der Waals surface area (Å²) >= 11 is 0. The van der Waals surface area contributed by atoms with E-state index in [1.807, 2.05) is 13.0 Å². The first-order valence-corrected chi connectivity index (χ1v) is 9.49. The van der Waals surface area contributed by atoms with Gasteiger partial charge >= 0.3 is 0 Å². The molecule has 0 aliphatic heterocycles. The molecule has 140 valence electrons. The number of pyridine rings is 1. The molecule has 3 aromatic rings. The standard InChI is InChI=1S/C21H23FN4O/c1-14-20-18(15-7-9-16(22)10-8-15)11-12-23-21(20)26(25-14)13-19(27)24-17-5-3-2-4-6-17/h7-12,17H,2-6,13H2,1H3,(H,24,27). The van der Waals surface area contributed by atoms with Crippen molar-refractivity contribution in [1.82, 2.24) is 20.1 Å². The molecular weight excluding hydrogens is 343 g/mol. The van der Waals surface area contributed by atoms with Gasteiger partial charge in [0.25, 0.3) is 0 Å². The van der Waals surface area contributed by atoms with Crippen LogP contribution in [-0.2, 0) is 11.3 Å². The average Bonchev–Trinajstić information content (AvgIpc) is 2.99. The molecule has 0 spiro atoms. The molecule has 0 atom stereocenters. The summed E-state index contributed by atoms with van der Waals surface area (Å²) in [5.74, 6) is -0.295. The van der Waals surface area contributed by atoms with E-state index in [0.717, 1.165) is 35.0 Å². The normalized spacial score (nSPS) is 15.2. The molecule has 1 aliphatic carbocycles. The first-order valence-electron chi connectivity index (χ1n) is 9.49. The second kappa shape index (κ2) is 7.47. The van der Waals surface area contributed by atoms with Crippen molar-refractivity contribution < 1.29 is 9.18 Å². The van der Waals surface area contributed by atoms with Gasteiger partial charge in [-0.15, -0.1) is 0 Å². The van der Waals surface area contributed by atoms with Gasteiger partial charge in [0.15, 0.2) is 5.65 Å². The first-order chi connectivity index (χ1) is 13.1. The van der Waals surface area contributed by atoms with Gasteiger partial charge in [0.2, 0.25) is 5.91 Å². The molecule has 1 saturated carbocycles. The number of hydrogen-bond donors (Lipinski definition) is 1. The highest BCUT2D eigenvalue weighted by molar-refractivity contribution is 5.95. The van der Waals surface area contributed by atoms with Crippen molar-refractivity contribution in [1.29, 1.82) is 0 Å². The molecule has 1 aliphatic rings. The van der Waals surface area contributed by atoms with Crippen LogP contribution in [0, 0.1) is 12.7 Å². The minimum absolute atomic E-state index is 0.0275. The summed E-state index contributed by atoms with van der Waals surface area (Å²) < 4.78 is 14.9. The first kappa shape index (κ1) is 17.6. The number of nitrogens with zero attached hydrogens (tertiary/aromatic N) is 3. The van der Waals surface area contributed by atoms with E-state index in [9.17, 15) is 9.18 Å². The van der Waals surface area contributed by atoms with Crippen molar-refractivity contribution in [2.45, 2.75) is 51.6 Å². The van der Waals surface area contributed by atoms with Crippen LogP contribution in [0.5, 0.6) is 0 Å². The number of amides is 1. The third-order valence-electron chi connectivity index (χ3n) is 5.23. The SMILES string of the molecule is Cc1nn(CC(=O)NC2CCCCC2)c2nccc(-c3ccc(F)cc3)c12. The predicted molar refractivity (Wildman–Crippen MR) is 103 cm³/mol. The summed E-state index contributed by atoms with van der Waals surface area (Å²) in [6.45, 7) is 2.06. The molecule has 1 aromatic carbocycles. The summed E-state index contributed by atoms with van der Waals surface area (Å²) in [5.41, 5.74) is 3.32. The molecular formula is C21H23FN4O. The Hall–Kier alpha value is -2.76. The Morgan fingerprint density at radius 2 is 1.93 bits per heavy atom. The van der Waals surface area contributed by atoms with Gasteiger partial charge in [0, 0.05) is 17.6 Å². The molecule has 2 aromatic heterocycles. The Bertz CT molecular complexity index is 958. The highest BCUT2D eigenvalue weighted by Crippen LogP contribution is 2.30. The van der Waals surface area contributed by atoms with E-state index in [4.69, 9.17) is 0 Å². The maximum absolute atomic E-state index is 13.3. The zero-order valence-corrected chi connectivity index (χ0v) is 15.4. The summed E-state index contributed by atoms with van der Waals surface area (Å²) in [6, 6.07) is 8.55. The number of benzene rings is 1. The van der Waals surface area contributed by atoms with Crippen molar-refractivity contribution in [2.24, 2.45) is 0 Å².